The van der Waals surface area contributed by atoms with Crippen LogP contribution in [0, 0.1) is 0 Å². The molecule has 5 nitrogen and oxygen atoms in total. The van der Waals surface area contributed by atoms with Gasteiger partial charge in [0.2, 0.25) is 0 Å². The van der Waals surface area contributed by atoms with Crippen molar-refractivity contribution in [1.29, 1.82) is 0 Å². The molecule has 0 fully saturated rings. The zero-order valence-electron chi connectivity index (χ0n) is 7.54. The van der Waals surface area contributed by atoms with Crippen LogP contribution in [0.2, 0.25) is 0 Å². The molecule has 0 atom stereocenters. The Labute approximate surface area is 79.7 Å². The molecule has 0 amide bonds. The van der Waals surface area contributed by atoms with E-state index in [9.17, 15) is 8.78 Å². The van der Waals surface area contributed by atoms with E-state index in [1.165, 1.54) is 0 Å². The number of aromatic nitrogens is 3. The molecule has 0 saturated carbocycles. The van der Waals surface area contributed by atoms with Gasteiger partial charge in [-0.2, -0.15) is 5.10 Å². The third-order valence-electron chi connectivity index (χ3n) is 1.49. The highest BCUT2D eigenvalue weighted by Gasteiger charge is 2.04. The Morgan fingerprint density at radius 3 is 2.86 bits per heavy atom. The minimum absolute atomic E-state index is 0.187. The van der Waals surface area contributed by atoms with Crippen LogP contribution in [0.15, 0.2) is 0 Å². The van der Waals surface area contributed by atoms with E-state index in [-0.39, 0.29) is 13.2 Å². The number of halogens is 2. The van der Waals surface area contributed by atoms with Gasteiger partial charge in [-0.3, -0.25) is 5.10 Å². The summed E-state index contributed by atoms with van der Waals surface area (Å²) in [6.45, 7) is -0.0781. The smallest absolute Gasteiger partial charge is 0.261 e. The Morgan fingerprint density at radius 1 is 1.50 bits per heavy atom. The van der Waals surface area contributed by atoms with Crippen molar-refractivity contribution in [3.8, 4) is 0 Å². The molecule has 1 aromatic heterocycles. The average molecular weight is 206 g/mol. The van der Waals surface area contributed by atoms with Crippen LogP contribution in [0.25, 0.3) is 0 Å². The zero-order valence-corrected chi connectivity index (χ0v) is 7.54. The van der Waals surface area contributed by atoms with Crippen molar-refractivity contribution < 1.29 is 13.5 Å². The first kappa shape index (κ1) is 11.0. The van der Waals surface area contributed by atoms with Crippen LogP contribution in [-0.4, -0.2) is 34.8 Å². The molecule has 0 saturated heterocycles. The minimum Gasteiger partial charge on any atom is -0.375 e. The summed E-state index contributed by atoms with van der Waals surface area (Å²) >= 11 is 0. The third kappa shape index (κ3) is 3.75. The van der Waals surface area contributed by atoms with Gasteiger partial charge in [0.15, 0.2) is 5.82 Å². The Morgan fingerprint density at radius 2 is 2.29 bits per heavy atom. The number of alkyl halides is 2. The first-order valence-electron chi connectivity index (χ1n) is 4.18. The predicted octanol–water partition coefficient (Wildman–Crippen LogP) is 0.0876. The summed E-state index contributed by atoms with van der Waals surface area (Å²) < 4.78 is 27.9. The Kier molecular flexibility index (Phi) is 4.41. The number of nitrogens with one attached hydrogen (secondary N) is 1. The van der Waals surface area contributed by atoms with Crippen LogP contribution < -0.4 is 5.73 Å². The molecule has 0 aliphatic rings. The molecule has 0 aliphatic carbocycles. The second-order valence-electron chi connectivity index (χ2n) is 2.62. The average Bonchev–Trinajstić information content (AvgIpc) is 2.60. The molecule has 0 radical (unpaired) electrons. The second-order valence-corrected chi connectivity index (χ2v) is 2.62. The van der Waals surface area contributed by atoms with E-state index in [1.807, 2.05) is 0 Å². The fraction of sp³-hybridized carbons (Fsp3) is 0.714. The molecule has 1 rings (SSSR count). The van der Waals surface area contributed by atoms with Crippen LogP contribution in [-0.2, 0) is 17.7 Å². The van der Waals surface area contributed by atoms with E-state index in [1.54, 1.807) is 0 Å². The van der Waals surface area contributed by atoms with Crippen LogP contribution in [0.3, 0.4) is 0 Å². The predicted molar refractivity (Wildman–Crippen MR) is 44.8 cm³/mol. The van der Waals surface area contributed by atoms with E-state index >= 15 is 0 Å². The summed E-state index contributed by atoms with van der Waals surface area (Å²) in [4.78, 5) is 3.99. The van der Waals surface area contributed by atoms with Crippen molar-refractivity contribution >= 4 is 0 Å². The molecule has 0 aromatic carbocycles. The molecule has 0 bridgehead atoms. The SMILES string of the molecule is NCc1nc(CCOCC(F)F)n[nH]1. The second kappa shape index (κ2) is 5.61. The van der Waals surface area contributed by atoms with E-state index in [2.05, 4.69) is 19.9 Å². The van der Waals surface area contributed by atoms with Crippen molar-refractivity contribution in [2.75, 3.05) is 13.2 Å². The molecule has 0 unspecified atom stereocenters. The summed E-state index contributed by atoms with van der Waals surface area (Å²) in [5, 5.41) is 6.44. The number of ether oxygens (including phenoxy) is 1. The number of aromatic amines is 1. The van der Waals surface area contributed by atoms with Gasteiger partial charge in [0.1, 0.15) is 12.4 Å². The summed E-state index contributed by atoms with van der Waals surface area (Å²) in [6, 6.07) is 0. The van der Waals surface area contributed by atoms with Crippen molar-refractivity contribution in [2.24, 2.45) is 5.73 Å². The van der Waals surface area contributed by atoms with Crippen LogP contribution in [0.5, 0.6) is 0 Å². The van der Waals surface area contributed by atoms with E-state index in [0.717, 1.165) is 0 Å². The lowest BCUT2D eigenvalue weighted by Crippen LogP contribution is -2.07. The fourth-order valence-corrected chi connectivity index (χ4v) is 0.874. The first-order valence-corrected chi connectivity index (χ1v) is 4.18. The Hall–Kier alpha value is -1.08. The molecule has 80 valence electrons. The highest BCUT2D eigenvalue weighted by molar-refractivity contribution is 4.89. The van der Waals surface area contributed by atoms with E-state index in [0.29, 0.717) is 18.1 Å². The largest absolute Gasteiger partial charge is 0.375 e. The van der Waals surface area contributed by atoms with Gasteiger partial charge in [0, 0.05) is 6.42 Å². The maximum absolute atomic E-state index is 11.6. The van der Waals surface area contributed by atoms with Crippen molar-refractivity contribution in [1.82, 2.24) is 15.2 Å². The van der Waals surface area contributed by atoms with Crippen molar-refractivity contribution in [3.63, 3.8) is 0 Å². The lowest BCUT2D eigenvalue weighted by Gasteiger charge is -1.99. The van der Waals surface area contributed by atoms with E-state index in [4.69, 9.17) is 5.73 Å². The summed E-state index contributed by atoms with van der Waals surface area (Å²) in [6.07, 6.45) is -2.02. The molecule has 14 heavy (non-hydrogen) atoms. The van der Waals surface area contributed by atoms with Crippen molar-refractivity contribution in [3.05, 3.63) is 11.6 Å². The van der Waals surface area contributed by atoms with Gasteiger partial charge in [0.05, 0.1) is 13.2 Å². The van der Waals surface area contributed by atoms with Crippen LogP contribution >= 0.6 is 0 Å². The van der Waals surface area contributed by atoms with Gasteiger partial charge in [0.25, 0.3) is 6.43 Å². The number of nitrogens with zero attached hydrogens (tertiary/aromatic N) is 2. The minimum atomic E-state index is -2.43. The lowest BCUT2D eigenvalue weighted by atomic mass is 10.4. The molecular formula is C7H12F2N4O. The zero-order chi connectivity index (χ0) is 10.4. The quantitative estimate of drug-likeness (QED) is 0.646. The summed E-state index contributed by atoms with van der Waals surface area (Å²) in [5.41, 5.74) is 5.29. The monoisotopic (exact) mass is 206 g/mol. The van der Waals surface area contributed by atoms with Gasteiger partial charge < -0.3 is 10.5 Å². The maximum Gasteiger partial charge on any atom is 0.261 e. The van der Waals surface area contributed by atoms with Gasteiger partial charge in [-0.1, -0.05) is 0 Å². The van der Waals surface area contributed by atoms with E-state index < -0.39 is 13.0 Å². The lowest BCUT2D eigenvalue weighted by molar-refractivity contribution is 0.0183. The number of H-pyrrole nitrogens is 1. The molecule has 0 aliphatic heterocycles. The summed E-state index contributed by atoms with van der Waals surface area (Å²) in [5.74, 6) is 1.11. The highest BCUT2D eigenvalue weighted by atomic mass is 19.3. The summed E-state index contributed by atoms with van der Waals surface area (Å²) in [7, 11) is 0. The Bertz CT molecular complexity index is 266. The molecule has 0 spiro atoms. The maximum atomic E-state index is 11.6. The van der Waals surface area contributed by atoms with Gasteiger partial charge >= 0.3 is 0 Å². The van der Waals surface area contributed by atoms with Crippen molar-refractivity contribution in [2.45, 2.75) is 19.4 Å². The molecule has 7 heteroatoms. The number of hydrogen-bond acceptors (Lipinski definition) is 4. The fourth-order valence-electron chi connectivity index (χ4n) is 0.874. The Balaban J connectivity index is 2.18. The molecule has 1 aromatic rings. The normalized spacial score (nSPS) is 11.1. The van der Waals surface area contributed by atoms with Gasteiger partial charge in [-0.05, 0) is 0 Å². The van der Waals surface area contributed by atoms with Gasteiger partial charge in [-0.25, -0.2) is 13.8 Å². The topological polar surface area (TPSA) is 76.8 Å². The molecular weight excluding hydrogens is 194 g/mol. The van der Waals surface area contributed by atoms with Crippen LogP contribution in [0.4, 0.5) is 8.78 Å². The highest BCUT2D eigenvalue weighted by Crippen LogP contribution is 1.96. The standard InChI is InChI=1S/C7H12F2N4O/c8-5(9)4-14-2-1-6-11-7(3-10)13-12-6/h5H,1-4,10H2,(H,11,12,13). The number of hydrogen-bond donors (Lipinski definition) is 2. The van der Waals surface area contributed by atoms with Crippen LogP contribution in [0.1, 0.15) is 11.6 Å². The first-order chi connectivity index (χ1) is 6.72. The third-order valence-corrected chi connectivity index (χ3v) is 1.49. The number of nitrogens with two attached hydrogens (primary N) is 1. The van der Waals surface area contributed by atoms with Gasteiger partial charge in [-0.15, -0.1) is 0 Å². The molecule has 1 heterocycles. The molecule has 3 N–H and O–H groups in total. The number of rotatable bonds is 6.